The summed E-state index contributed by atoms with van der Waals surface area (Å²) in [4.78, 5) is 12.9. The zero-order valence-corrected chi connectivity index (χ0v) is 36.1. The van der Waals surface area contributed by atoms with Crippen molar-refractivity contribution in [1.82, 2.24) is 5.32 Å². The van der Waals surface area contributed by atoms with Crippen LogP contribution in [0.4, 0.5) is 0 Å². The maximum absolute atomic E-state index is 12.9. The molecule has 0 bridgehead atoms. The van der Waals surface area contributed by atoms with Gasteiger partial charge in [-0.25, -0.2) is 0 Å². The zero-order chi connectivity index (χ0) is 40.9. The van der Waals surface area contributed by atoms with Crippen LogP contribution >= 0.6 is 0 Å². The topological polar surface area (TPSA) is 149 Å². The predicted octanol–water partition coefficient (Wildman–Crippen LogP) is 9.89. The molecule has 1 amide bonds. The molecule has 56 heavy (non-hydrogen) atoms. The summed E-state index contributed by atoms with van der Waals surface area (Å²) in [6.07, 6.45) is 38.1. The average Bonchev–Trinajstić information content (AvgIpc) is 3.20. The van der Waals surface area contributed by atoms with E-state index in [9.17, 15) is 30.3 Å². The molecule has 1 rings (SSSR count). The Balaban J connectivity index is 2.27. The van der Waals surface area contributed by atoms with Crippen molar-refractivity contribution in [3.05, 3.63) is 24.3 Å². The fourth-order valence-electron chi connectivity index (χ4n) is 7.47. The number of aliphatic hydroxyl groups is 5. The summed E-state index contributed by atoms with van der Waals surface area (Å²) in [5, 5.41) is 54.1. The van der Waals surface area contributed by atoms with E-state index in [-0.39, 0.29) is 12.5 Å². The van der Waals surface area contributed by atoms with Crippen LogP contribution < -0.4 is 5.32 Å². The predicted molar refractivity (Wildman–Crippen MR) is 230 cm³/mol. The van der Waals surface area contributed by atoms with Crippen molar-refractivity contribution in [3.63, 3.8) is 0 Å². The highest BCUT2D eigenvalue weighted by molar-refractivity contribution is 5.76. The van der Waals surface area contributed by atoms with Gasteiger partial charge < -0.3 is 40.3 Å². The monoisotopic (exact) mass is 796 g/mol. The van der Waals surface area contributed by atoms with Gasteiger partial charge in [0.1, 0.15) is 24.4 Å². The molecule has 0 aliphatic carbocycles. The van der Waals surface area contributed by atoms with Crippen molar-refractivity contribution in [2.24, 2.45) is 0 Å². The fourth-order valence-corrected chi connectivity index (χ4v) is 7.47. The lowest BCUT2D eigenvalue weighted by Gasteiger charge is -2.40. The molecule has 1 aliphatic rings. The van der Waals surface area contributed by atoms with Crippen LogP contribution in [0.3, 0.4) is 0 Å². The van der Waals surface area contributed by atoms with Gasteiger partial charge in [0.25, 0.3) is 0 Å². The van der Waals surface area contributed by atoms with E-state index in [1.807, 2.05) is 6.08 Å². The molecule has 330 valence electrons. The van der Waals surface area contributed by atoms with Gasteiger partial charge in [0.05, 0.1) is 25.4 Å². The number of amides is 1. The lowest BCUT2D eigenvalue weighted by Crippen LogP contribution is -2.60. The molecule has 0 radical (unpaired) electrons. The van der Waals surface area contributed by atoms with Crippen LogP contribution in [-0.4, -0.2) is 87.5 Å². The number of allylic oxidation sites excluding steroid dienone is 3. The van der Waals surface area contributed by atoms with Crippen molar-refractivity contribution < 1.29 is 39.8 Å². The van der Waals surface area contributed by atoms with Gasteiger partial charge in [0.2, 0.25) is 5.91 Å². The molecule has 1 aliphatic heterocycles. The Kier molecular flexibility index (Phi) is 35.7. The van der Waals surface area contributed by atoms with Crippen LogP contribution in [0, 0.1) is 0 Å². The largest absolute Gasteiger partial charge is 0.394 e. The Labute approximate surface area is 343 Å². The van der Waals surface area contributed by atoms with Gasteiger partial charge in [0, 0.05) is 6.42 Å². The number of aliphatic hydroxyl groups excluding tert-OH is 5. The molecule has 7 atom stereocenters. The van der Waals surface area contributed by atoms with Crippen LogP contribution in [0.5, 0.6) is 0 Å². The van der Waals surface area contributed by atoms with E-state index < -0.39 is 49.5 Å². The molecular weight excluding hydrogens is 707 g/mol. The number of unbranched alkanes of at least 4 members (excludes halogenated alkanes) is 27. The van der Waals surface area contributed by atoms with Gasteiger partial charge in [-0.3, -0.25) is 4.79 Å². The molecule has 2 unspecified atom stereocenters. The van der Waals surface area contributed by atoms with Crippen molar-refractivity contribution in [2.45, 2.75) is 256 Å². The number of ether oxygens (including phenoxy) is 2. The fraction of sp³-hybridized carbons (Fsp3) is 0.894. The molecule has 6 N–H and O–H groups in total. The highest BCUT2D eigenvalue weighted by Crippen LogP contribution is 2.23. The van der Waals surface area contributed by atoms with E-state index in [0.717, 1.165) is 38.5 Å². The normalized spacial score (nSPS) is 21.3. The molecule has 9 heteroatoms. The third-order valence-corrected chi connectivity index (χ3v) is 11.3. The first-order chi connectivity index (χ1) is 27.3. The molecule has 1 heterocycles. The van der Waals surface area contributed by atoms with Crippen LogP contribution in [0.2, 0.25) is 0 Å². The lowest BCUT2D eigenvalue weighted by atomic mass is 9.99. The highest BCUT2D eigenvalue weighted by Gasteiger charge is 2.44. The summed E-state index contributed by atoms with van der Waals surface area (Å²) in [7, 11) is 0. The smallest absolute Gasteiger partial charge is 0.220 e. The third-order valence-electron chi connectivity index (χ3n) is 11.3. The highest BCUT2D eigenvalue weighted by atomic mass is 16.7. The van der Waals surface area contributed by atoms with Crippen molar-refractivity contribution in [2.75, 3.05) is 13.2 Å². The van der Waals surface area contributed by atoms with Crippen molar-refractivity contribution in [3.8, 4) is 0 Å². The first-order valence-electron chi connectivity index (χ1n) is 23.6. The van der Waals surface area contributed by atoms with Gasteiger partial charge in [-0.2, -0.15) is 0 Å². The maximum Gasteiger partial charge on any atom is 0.220 e. The number of carbonyl (C=O) groups is 1. The van der Waals surface area contributed by atoms with Crippen molar-refractivity contribution >= 4 is 5.91 Å². The minimum atomic E-state index is -1.57. The summed E-state index contributed by atoms with van der Waals surface area (Å²) in [5.41, 5.74) is 0. The Hall–Kier alpha value is -1.33. The number of nitrogens with one attached hydrogen (secondary N) is 1. The summed E-state index contributed by atoms with van der Waals surface area (Å²) in [6.45, 7) is 3.74. The van der Waals surface area contributed by atoms with Gasteiger partial charge in [-0.05, 0) is 32.1 Å². The number of hydrogen-bond acceptors (Lipinski definition) is 8. The van der Waals surface area contributed by atoms with E-state index in [1.165, 1.54) is 154 Å². The van der Waals surface area contributed by atoms with E-state index >= 15 is 0 Å². The van der Waals surface area contributed by atoms with E-state index in [0.29, 0.717) is 6.42 Å². The lowest BCUT2D eigenvalue weighted by molar-refractivity contribution is -0.302. The van der Waals surface area contributed by atoms with E-state index in [4.69, 9.17) is 9.47 Å². The Morgan fingerprint density at radius 2 is 1.02 bits per heavy atom. The molecule has 1 saturated heterocycles. The quantitative estimate of drug-likeness (QED) is 0.0266. The first-order valence-corrected chi connectivity index (χ1v) is 23.6. The molecule has 0 spiro atoms. The second-order valence-electron chi connectivity index (χ2n) is 16.5. The summed E-state index contributed by atoms with van der Waals surface area (Å²) in [6, 6.07) is -0.815. The minimum Gasteiger partial charge on any atom is -0.394 e. The van der Waals surface area contributed by atoms with Gasteiger partial charge in [-0.15, -0.1) is 0 Å². The van der Waals surface area contributed by atoms with Crippen LogP contribution in [0.25, 0.3) is 0 Å². The molecule has 0 saturated carbocycles. The molecular formula is C47H89NO8. The molecule has 9 nitrogen and oxygen atoms in total. The minimum absolute atomic E-state index is 0.185. The molecule has 1 fully saturated rings. The SMILES string of the molecule is CCCCCCC/C=C/CC/C=C/[C@@H](O)[C@H](CO[C@H]1O[C@@H](CO)[C@H](O)C(O)C1O)NC(=O)CCCCCCCCCCCCCCCCCCCCCCCC. The summed E-state index contributed by atoms with van der Waals surface area (Å²) >= 11 is 0. The number of hydrogen-bond donors (Lipinski definition) is 6. The van der Waals surface area contributed by atoms with Crippen LogP contribution in [0.15, 0.2) is 24.3 Å². The Morgan fingerprint density at radius 3 is 1.50 bits per heavy atom. The standard InChI is InChI=1S/C47H89NO8/c1-3-5-7-9-11-13-15-16-17-18-19-20-21-22-23-24-25-27-29-31-33-35-37-43(51)48-40(39-55-47-46(54)45(53)44(52)42(38-49)56-47)41(50)36-34-32-30-28-26-14-12-10-8-6-4-2/h26,28,34,36,40-42,44-47,49-50,52-54H,3-25,27,29-33,35,37-39H2,1-2H3,(H,48,51)/b28-26+,36-34+/t40-,41+,42-,44-,45?,46?,47-/m0/s1. The molecule has 0 aromatic rings. The first kappa shape index (κ1) is 52.7. The van der Waals surface area contributed by atoms with E-state index in [1.54, 1.807) is 6.08 Å². The zero-order valence-electron chi connectivity index (χ0n) is 36.1. The average molecular weight is 796 g/mol. The second kappa shape index (κ2) is 37.9. The van der Waals surface area contributed by atoms with Gasteiger partial charge in [0.15, 0.2) is 6.29 Å². The number of carbonyl (C=O) groups excluding carboxylic acids is 1. The maximum atomic E-state index is 12.9. The van der Waals surface area contributed by atoms with Crippen molar-refractivity contribution in [1.29, 1.82) is 0 Å². The molecule has 0 aromatic carbocycles. The second-order valence-corrected chi connectivity index (χ2v) is 16.5. The number of rotatable bonds is 39. The van der Waals surface area contributed by atoms with Gasteiger partial charge in [-0.1, -0.05) is 199 Å². The third kappa shape index (κ3) is 28.2. The van der Waals surface area contributed by atoms with Crippen LogP contribution in [0.1, 0.15) is 213 Å². The Bertz CT molecular complexity index is 930. The van der Waals surface area contributed by atoms with E-state index in [2.05, 4.69) is 31.3 Å². The summed E-state index contributed by atoms with van der Waals surface area (Å²) in [5.74, 6) is -0.185. The summed E-state index contributed by atoms with van der Waals surface area (Å²) < 4.78 is 11.2. The molecule has 0 aromatic heterocycles. The van der Waals surface area contributed by atoms with Crippen LogP contribution in [-0.2, 0) is 14.3 Å². The van der Waals surface area contributed by atoms with Gasteiger partial charge >= 0.3 is 0 Å². The Morgan fingerprint density at radius 1 is 0.589 bits per heavy atom.